The number of hydrogen-bond acceptors (Lipinski definition) is 6. The standard InChI is InChI=1S/C43H50O6Si/c1-50(2,38-26-16-7-17-27-38)33-40(45)42(48-30-36-22-12-5-13-23-36)43(49-31-37-24-14-6-15-25-37)41(47-29-35-20-10-4-11-21-35)39(44)32-46-28-34-18-8-3-9-19-34/h3-27,39-45H,28-33H2,1-2H3/t39-,40?,41-,42+,43+/m1/s1. The number of rotatable bonds is 20. The monoisotopic (exact) mass is 690 g/mol. The van der Waals surface area contributed by atoms with E-state index in [-0.39, 0.29) is 26.4 Å². The van der Waals surface area contributed by atoms with Gasteiger partial charge in [0.25, 0.3) is 0 Å². The summed E-state index contributed by atoms with van der Waals surface area (Å²) in [6, 6.07) is 50.4. The third-order valence-corrected chi connectivity index (χ3v) is 12.3. The van der Waals surface area contributed by atoms with Gasteiger partial charge in [0.15, 0.2) is 0 Å². The quantitative estimate of drug-likeness (QED) is 0.0836. The third kappa shape index (κ3) is 11.6. The van der Waals surface area contributed by atoms with E-state index in [0.717, 1.165) is 22.3 Å². The topological polar surface area (TPSA) is 77.4 Å². The zero-order valence-electron chi connectivity index (χ0n) is 29.1. The fourth-order valence-electron chi connectivity index (χ4n) is 6.14. The lowest BCUT2D eigenvalue weighted by atomic mass is 9.98. The van der Waals surface area contributed by atoms with Crippen LogP contribution in [0.4, 0.5) is 0 Å². The maximum atomic E-state index is 12.3. The minimum absolute atomic E-state index is 0.00526. The molecule has 50 heavy (non-hydrogen) atoms. The summed E-state index contributed by atoms with van der Waals surface area (Å²) < 4.78 is 26.1. The smallest absolute Gasteiger partial charge is 0.115 e. The van der Waals surface area contributed by atoms with Crippen LogP contribution in [0.2, 0.25) is 19.1 Å². The number of aliphatic hydroxyl groups excluding tert-OH is 2. The highest BCUT2D eigenvalue weighted by Gasteiger charge is 2.42. The van der Waals surface area contributed by atoms with E-state index in [1.165, 1.54) is 5.19 Å². The summed E-state index contributed by atoms with van der Waals surface area (Å²) >= 11 is 0. The lowest BCUT2D eigenvalue weighted by molar-refractivity contribution is -0.204. The van der Waals surface area contributed by atoms with Gasteiger partial charge in [-0.3, -0.25) is 0 Å². The van der Waals surface area contributed by atoms with Gasteiger partial charge in [-0.05, 0) is 28.3 Å². The average molecular weight is 691 g/mol. The Morgan fingerprint density at radius 1 is 0.440 bits per heavy atom. The van der Waals surface area contributed by atoms with Gasteiger partial charge in [-0.2, -0.15) is 0 Å². The SMILES string of the molecule is C[Si](C)(CC(O)[C@H](OCc1ccccc1)[C@@H](OCc1ccccc1)[C@H](OCc1ccccc1)[C@H](O)COCc1ccccc1)c1ccccc1. The molecule has 0 fully saturated rings. The van der Waals surface area contributed by atoms with Crippen molar-refractivity contribution in [1.29, 1.82) is 0 Å². The Morgan fingerprint density at radius 2 is 0.780 bits per heavy atom. The molecule has 0 aliphatic rings. The minimum Gasteiger partial charge on any atom is -0.391 e. The molecule has 0 bridgehead atoms. The Bertz CT molecular complexity index is 1620. The summed E-state index contributed by atoms with van der Waals surface area (Å²) in [4.78, 5) is 0. The number of benzene rings is 5. The molecule has 5 aromatic carbocycles. The molecular formula is C43H50O6Si. The average Bonchev–Trinajstić information content (AvgIpc) is 3.15. The fraction of sp³-hybridized carbons (Fsp3) is 0.302. The van der Waals surface area contributed by atoms with Crippen LogP contribution in [-0.4, -0.2) is 55.4 Å². The molecule has 0 aliphatic heterocycles. The predicted molar refractivity (Wildman–Crippen MR) is 202 cm³/mol. The van der Waals surface area contributed by atoms with E-state index in [4.69, 9.17) is 18.9 Å². The zero-order valence-corrected chi connectivity index (χ0v) is 30.1. The van der Waals surface area contributed by atoms with Gasteiger partial charge < -0.3 is 29.2 Å². The molecule has 0 heterocycles. The molecule has 6 nitrogen and oxygen atoms in total. The highest BCUT2D eigenvalue weighted by Crippen LogP contribution is 2.27. The van der Waals surface area contributed by atoms with Crippen molar-refractivity contribution in [3.8, 4) is 0 Å². The highest BCUT2D eigenvalue weighted by atomic mass is 28.3. The largest absolute Gasteiger partial charge is 0.391 e. The van der Waals surface area contributed by atoms with Crippen molar-refractivity contribution in [3.05, 3.63) is 174 Å². The van der Waals surface area contributed by atoms with E-state index in [0.29, 0.717) is 12.7 Å². The number of ether oxygens (including phenoxy) is 4. The van der Waals surface area contributed by atoms with Crippen molar-refractivity contribution >= 4 is 13.3 Å². The van der Waals surface area contributed by atoms with E-state index < -0.39 is 38.6 Å². The second-order valence-corrected chi connectivity index (χ2v) is 18.1. The lowest BCUT2D eigenvalue weighted by Crippen LogP contribution is -2.56. The second-order valence-electron chi connectivity index (χ2n) is 13.4. The van der Waals surface area contributed by atoms with E-state index in [9.17, 15) is 10.2 Å². The molecule has 0 aliphatic carbocycles. The van der Waals surface area contributed by atoms with Crippen molar-refractivity contribution in [2.45, 2.75) is 76.1 Å². The Balaban J connectivity index is 1.48. The Morgan fingerprint density at radius 3 is 1.20 bits per heavy atom. The summed E-state index contributed by atoms with van der Waals surface area (Å²) in [7, 11) is -2.15. The third-order valence-electron chi connectivity index (χ3n) is 8.94. The molecule has 0 spiro atoms. The van der Waals surface area contributed by atoms with E-state index in [1.54, 1.807) is 0 Å². The molecule has 5 atom stereocenters. The maximum absolute atomic E-state index is 12.3. The van der Waals surface area contributed by atoms with E-state index >= 15 is 0 Å². The molecule has 0 aromatic heterocycles. The molecule has 0 amide bonds. The number of hydrogen-bond donors (Lipinski definition) is 2. The van der Waals surface area contributed by atoms with Crippen LogP contribution in [0.25, 0.3) is 0 Å². The van der Waals surface area contributed by atoms with Crippen molar-refractivity contribution < 1.29 is 29.2 Å². The predicted octanol–water partition coefficient (Wildman–Crippen LogP) is 7.30. The molecule has 0 radical (unpaired) electrons. The van der Waals surface area contributed by atoms with E-state index in [2.05, 4.69) is 25.2 Å². The maximum Gasteiger partial charge on any atom is 0.115 e. The normalized spacial score (nSPS) is 14.8. The van der Waals surface area contributed by atoms with E-state index in [1.807, 2.05) is 140 Å². The van der Waals surface area contributed by atoms with Crippen LogP contribution in [0.15, 0.2) is 152 Å². The van der Waals surface area contributed by atoms with Crippen LogP contribution in [0.1, 0.15) is 22.3 Å². The molecular weight excluding hydrogens is 641 g/mol. The van der Waals surface area contributed by atoms with Crippen LogP contribution in [0.5, 0.6) is 0 Å². The zero-order chi connectivity index (χ0) is 35.0. The van der Waals surface area contributed by atoms with Gasteiger partial charge in [-0.1, -0.05) is 170 Å². The first kappa shape index (κ1) is 37.3. The first-order chi connectivity index (χ1) is 24.4. The Labute approximate surface area is 298 Å². The second kappa shape index (κ2) is 19.5. The molecule has 1 unspecified atom stereocenters. The van der Waals surface area contributed by atoms with Crippen LogP contribution in [-0.2, 0) is 45.4 Å². The highest BCUT2D eigenvalue weighted by molar-refractivity contribution is 6.89. The van der Waals surface area contributed by atoms with Gasteiger partial charge in [-0.15, -0.1) is 0 Å². The summed E-state index contributed by atoms with van der Waals surface area (Å²) in [5.74, 6) is 0. The molecule has 0 saturated heterocycles. The van der Waals surface area contributed by atoms with Crippen LogP contribution < -0.4 is 5.19 Å². The summed E-state index contributed by atoms with van der Waals surface area (Å²) in [5.41, 5.74) is 3.89. The molecule has 2 N–H and O–H groups in total. The Kier molecular flexibility index (Phi) is 14.5. The summed E-state index contributed by atoms with van der Waals surface area (Å²) in [6.45, 7) is 5.60. The number of aliphatic hydroxyl groups is 2. The van der Waals surface area contributed by atoms with Crippen molar-refractivity contribution in [3.63, 3.8) is 0 Å². The van der Waals surface area contributed by atoms with Crippen molar-refractivity contribution in [2.75, 3.05) is 6.61 Å². The Hall–Kier alpha value is -3.92. The van der Waals surface area contributed by atoms with Gasteiger partial charge in [0.1, 0.15) is 24.4 Å². The first-order valence-electron chi connectivity index (χ1n) is 17.4. The van der Waals surface area contributed by atoms with Crippen molar-refractivity contribution in [1.82, 2.24) is 0 Å². The fourth-order valence-corrected chi connectivity index (χ4v) is 8.75. The van der Waals surface area contributed by atoms with Gasteiger partial charge in [-0.25, -0.2) is 0 Å². The molecule has 5 aromatic rings. The summed E-state index contributed by atoms with van der Waals surface area (Å²) in [5, 5.41) is 25.4. The molecule has 262 valence electrons. The van der Waals surface area contributed by atoms with Gasteiger partial charge in [0.2, 0.25) is 0 Å². The summed E-state index contributed by atoms with van der Waals surface area (Å²) in [6.07, 6.45) is -4.58. The first-order valence-corrected chi connectivity index (χ1v) is 20.6. The molecule has 0 saturated carbocycles. The van der Waals surface area contributed by atoms with Crippen LogP contribution in [0, 0.1) is 0 Å². The van der Waals surface area contributed by atoms with Crippen LogP contribution >= 0.6 is 0 Å². The lowest BCUT2D eigenvalue weighted by Gasteiger charge is -2.39. The van der Waals surface area contributed by atoms with Crippen LogP contribution in [0.3, 0.4) is 0 Å². The van der Waals surface area contributed by atoms with Gasteiger partial charge >= 0.3 is 0 Å². The minimum atomic E-state index is -2.15. The van der Waals surface area contributed by atoms with Crippen molar-refractivity contribution in [2.24, 2.45) is 0 Å². The van der Waals surface area contributed by atoms with Gasteiger partial charge in [0.05, 0.1) is 47.2 Å². The van der Waals surface area contributed by atoms with Gasteiger partial charge in [0, 0.05) is 0 Å². The molecule has 5 rings (SSSR count). The molecule has 7 heteroatoms.